The smallest absolute Gasteiger partial charge is 0.407 e. The van der Waals surface area contributed by atoms with Gasteiger partial charge in [-0.25, -0.2) is 18.6 Å². The molecule has 34 heavy (non-hydrogen) atoms. The number of alkyl carbamates (subject to hydrolysis) is 1. The first-order chi connectivity index (χ1) is 15.8. The van der Waals surface area contributed by atoms with Gasteiger partial charge in [-0.3, -0.25) is 0 Å². The van der Waals surface area contributed by atoms with Crippen LogP contribution in [0, 0.1) is 17.6 Å². The van der Waals surface area contributed by atoms with Crippen LogP contribution >= 0.6 is 11.3 Å². The highest BCUT2D eigenvalue weighted by atomic mass is 32.1. The second-order valence-electron chi connectivity index (χ2n) is 10.5. The number of carbonyl (C=O) groups is 1. The first kappa shape index (κ1) is 26.5. The summed E-state index contributed by atoms with van der Waals surface area (Å²) in [5, 5.41) is 18.2. The summed E-state index contributed by atoms with van der Waals surface area (Å²) in [6, 6.07) is 2.38. The van der Waals surface area contributed by atoms with Gasteiger partial charge in [-0.2, -0.15) is 0 Å². The molecule has 6 nitrogen and oxygen atoms in total. The van der Waals surface area contributed by atoms with Crippen LogP contribution in [0.25, 0.3) is 0 Å². The number of aliphatic hydroxyl groups excluding tert-OH is 1. The van der Waals surface area contributed by atoms with Crippen LogP contribution in [0.4, 0.5) is 13.6 Å². The van der Waals surface area contributed by atoms with E-state index in [-0.39, 0.29) is 18.5 Å². The molecular formula is C25H35F2N3O3S. The fourth-order valence-corrected chi connectivity index (χ4v) is 5.13. The van der Waals surface area contributed by atoms with E-state index >= 15 is 0 Å². The monoisotopic (exact) mass is 495 g/mol. The lowest BCUT2D eigenvalue weighted by atomic mass is 10.0. The van der Waals surface area contributed by atoms with Crippen LogP contribution < -0.4 is 10.6 Å². The van der Waals surface area contributed by atoms with Crippen molar-refractivity contribution in [1.82, 2.24) is 15.6 Å². The molecule has 1 heterocycles. The molecule has 0 radical (unpaired) electrons. The number of hydrogen-bond donors (Lipinski definition) is 3. The zero-order valence-corrected chi connectivity index (χ0v) is 21.3. The summed E-state index contributed by atoms with van der Waals surface area (Å²) >= 11 is 1.69. The summed E-state index contributed by atoms with van der Waals surface area (Å²) in [6.07, 6.45) is 3.03. The van der Waals surface area contributed by atoms with Gasteiger partial charge in [-0.05, 0) is 63.6 Å². The van der Waals surface area contributed by atoms with Crippen molar-refractivity contribution in [2.45, 2.75) is 83.6 Å². The number of carbonyl (C=O) groups excluding carboxylic acids is 1. The number of aromatic nitrogens is 1. The third-order valence-electron chi connectivity index (χ3n) is 5.55. The van der Waals surface area contributed by atoms with E-state index in [0.717, 1.165) is 35.2 Å². The quantitative estimate of drug-likeness (QED) is 0.445. The molecule has 0 spiro atoms. The molecule has 1 saturated carbocycles. The Kier molecular flexibility index (Phi) is 8.31. The Morgan fingerprint density at radius 3 is 2.41 bits per heavy atom. The second-order valence-corrected chi connectivity index (χ2v) is 11.6. The lowest BCUT2D eigenvalue weighted by molar-refractivity contribution is 0.0419. The van der Waals surface area contributed by atoms with Crippen molar-refractivity contribution in [2.24, 2.45) is 5.92 Å². The van der Waals surface area contributed by atoms with E-state index in [1.807, 2.05) is 6.20 Å². The van der Waals surface area contributed by atoms with Crippen LogP contribution in [0.15, 0.2) is 24.4 Å². The Labute approximate surface area is 204 Å². The van der Waals surface area contributed by atoms with Crippen molar-refractivity contribution in [1.29, 1.82) is 0 Å². The van der Waals surface area contributed by atoms with Crippen molar-refractivity contribution >= 4 is 17.4 Å². The third kappa shape index (κ3) is 7.71. The largest absolute Gasteiger partial charge is 0.444 e. The number of halogens is 2. The van der Waals surface area contributed by atoms with E-state index < -0.39 is 35.5 Å². The van der Waals surface area contributed by atoms with Gasteiger partial charge in [0, 0.05) is 30.1 Å². The molecule has 0 aliphatic heterocycles. The van der Waals surface area contributed by atoms with E-state index in [1.54, 1.807) is 32.1 Å². The first-order valence-electron chi connectivity index (χ1n) is 11.7. The van der Waals surface area contributed by atoms with Crippen molar-refractivity contribution in [2.75, 3.05) is 6.54 Å². The van der Waals surface area contributed by atoms with Crippen LogP contribution in [0.2, 0.25) is 0 Å². The number of aliphatic hydroxyl groups is 1. The van der Waals surface area contributed by atoms with Gasteiger partial charge in [0.25, 0.3) is 0 Å². The maximum absolute atomic E-state index is 13.7. The predicted molar refractivity (Wildman–Crippen MR) is 129 cm³/mol. The molecule has 1 aromatic carbocycles. The summed E-state index contributed by atoms with van der Waals surface area (Å²) in [6.45, 7) is 9.72. The van der Waals surface area contributed by atoms with Gasteiger partial charge < -0.3 is 20.5 Å². The fourth-order valence-electron chi connectivity index (χ4n) is 3.78. The molecule has 3 rings (SSSR count). The normalized spacial score (nSPS) is 16.9. The van der Waals surface area contributed by atoms with Crippen molar-refractivity contribution in [3.8, 4) is 0 Å². The Bertz CT molecular complexity index is 966. The number of thiazole rings is 1. The van der Waals surface area contributed by atoms with Crippen molar-refractivity contribution in [3.63, 3.8) is 0 Å². The van der Waals surface area contributed by atoms with Gasteiger partial charge in [-0.1, -0.05) is 13.8 Å². The standard InChI is InChI=1S/C25H35F2N3O3S/c1-15(2)8-22-28-14-21(34-22)25(6-7-25)29-13-20(31)19(30-23(32)33-24(3,4)5)11-16-9-17(26)12-18(27)10-16/h9-10,12,14-15,19-20,29,31H,6-8,11,13H2,1-5H3,(H,30,32). The number of nitrogens with one attached hydrogen (secondary N) is 2. The molecular weight excluding hydrogens is 460 g/mol. The minimum atomic E-state index is -1.01. The molecule has 1 aromatic heterocycles. The zero-order chi connectivity index (χ0) is 25.1. The Hall–Kier alpha value is -2.10. The van der Waals surface area contributed by atoms with E-state index in [9.17, 15) is 18.7 Å². The average molecular weight is 496 g/mol. The molecule has 188 valence electrons. The maximum atomic E-state index is 13.7. The Balaban J connectivity index is 1.69. The van der Waals surface area contributed by atoms with Gasteiger partial charge in [0.2, 0.25) is 0 Å². The topological polar surface area (TPSA) is 83.5 Å². The number of rotatable bonds is 10. The minimum Gasteiger partial charge on any atom is -0.444 e. The van der Waals surface area contributed by atoms with Gasteiger partial charge in [0.1, 0.15) is 17.2 Å². The lowest BCUT2D eigenvalue weighted by Gasteiger charge is -2.28. The summed E-state index contributed by atoms with van der Waals surface area (Å²) < 4.78 is 32.8. The molecule has 2 atom stereocenters. The first-order valence-corrected chi connectivity index (χ1v) is 12.5. The van der Waals surface area contributed by atoms with Gasteiger partial charge in [0.05, 0.1) is 22.7 Å². The molecule has 1 amide bonds. The lowest BCUT2D eigenvalue weighted by Crippen LogP contribution is -2.51. The summed E-state index contributed by atoms with van der Waals surface area (Å²) in [7, 11) is 0. The van der Waals surface area contributed by atoms with E-state index in [1.165, 1.54) is 12.1 Å². The summed E-state index contributed by atoms with van der Waals surface area (Å²) in [5.74, 6) is -0.896. The zero-order valence-electron chi connectivity index (χ0n) is 20.5. The van der Waals surface area contributed by atoms with Crippen molar-refractivity contribution in [3.05, 3.63) is 51.5 Å². The SMILES string of the molecule is CC(C)Cc1ncc(C2(NCC(O)C(Cc3cc(F)cc(F)c3)NC(=O)OC(C)(C)C)CC2)s1. The van der Waals surface area contributed by atoms with Crippen LogP contribution in [0.1, 0.15) is 62.9 Å². The van der Waals surface area contributed by atoms with E-state index in [2.05, 4.69) is 29.5 Å². The molecule has 1 fully saturated rings. The van der Waals surface area contributed by atoms with Gasteiger partial charge in [-0.15, -0.1) is 11.3 Å². The van der Waals surface area contributed by atoms with E-state index in [0.29, 0.717) is 11.5 Å². The Morgan fingerprint density at radius 1 is 1.21 bits per heavy atom. The summed E-state index contributed by atoms with van der Waals surface area (Å²) in [5.41, 5.74) is -0.615. The third-order valence-corrected chi connectivity index (χ3v) is 6.78. The maximum Gasteiger partial charge on any atom is 0.407 e. The molecule has 0 saturated heterocycles. The highest BCUT2D eigenvalue weighted by Crippen LogP contribution is 2.47. The number of ether oxygens (including phenoxy) is 1. The number of hydrogen-bond acceptors (Lipinski definition) is 6. The fraction of sp³-hybridized carbons (Fsp3) is 0.600. The van der Waals surface area contributed by atoms with Crippen LogP contribution in [0.3, 0.4) is 0 Å². The Morgan fingerprint density at radius 2 is 1.85 bits per heavy atom. The van der Waals surface area contributed by atoms with Gasteiger partial charge >= 0.3 is 6.09 Å². The highest BCUT2D eigenvalue weighted by molar-refractivity contribution is 7.11. The summed E-state index contributed by atoms with van der Waals surface area (Å²) in [4.78, 5) is 18.1. The second kappa shape index (κ2) is 10.7. The number of amides is 1. The number of benzene rings is 1. The molecule has 1 aliphatic rings. The number of nitrogens with zero attached hydrogens (tertiary/aromatic N) is 1. The van der Waals surface area contributed by atoms with Crippen LogP contribution in [-0.4, -0.2) is 40.5 Å². The molecule has 9 heteroatoms. The van der Waals surface area contributed by atoms with Gasteiger partial charge in [0.15, 0.2) is 0 Å². The molecule has 1 aliphatic carbocycles. The molecule has 3 N–H and O–H groups in total. The average Bonchev–Trinajstić information content (AvgIpc) is 3.33. The minimum absolute atomic E-state index is 0.0445. The molecule has 0 bridgehead atoms. The van der Waals surface area contributed by atoms with Crippen LogP contribution in [-0.2, 0) is 23.1 Å². The molecule has 2 aromatic rings. The van der Waals surface area contributed by atoms with Crippen LogP contribution in [0.5, 0.6) is 0 Å². The predicted octanol–water partition coefficient (Wildman–Crippen LogP) is 4.70. The molecule has 2 unspecified atom stereocenters. The highest BCUT2D eigenvalue weighted by Gasteiger charge is 2.46. The van der Waals surface area contributed by atoms with E-state index in [4.69, 9.17) is 4.74 Å². The van der Waals surface area contributed by atoms with Crippen molar-refractivity contribution < 1.29 is 23.4 Å².